The molecule has 4 aliphatic carbocycles. The summed E-state index contributed by atoms with van der Waals surface area (Å²) in [6.45, 7) is 11.6. The van der Waals surface area contributed by atoms with E-state index in [1.54, 1.807) is 13.8 Å². The third-order valence-corrected chi connectivity index (χ3v) is 10.8. The van der Waals surface area contributed by atoms with Crippen molar-refractivity contribution in [2.45, 2.75) is 73.3 Å². The fourth-order valence-electron chi connectivity index (χ4n) is 9.13. The smallest absolute Gasteiger partial charge is 0.321 e. The Morgan fingerprint density at radius 3 is 2.38 bits per heavy atom. The maximum Gasteiger partial charge on any atom is 0.321 e. The molecule has 0 aromatic heterocycles. The molecule has 32 heavy (non-hydrogen) atoms. The highest BCUT2D eigenvalue weighted by molar-refractivity contribution is 6.17. The Hall–Kier alpha value is -2.11. The second kappa shape index (κ2) is 5.87. The van der Waals surface area contributed by atoms with Crippen molar-refractivity contribution < 1.29 is 29.0 Å². The Labute approximate surface area is 189 Å². The number of ketones is 1. The molecule has 1 spiro atoms. The van der Waals surface area contributed by atoms with Crippen LogP contribution in [0.15, 0.2) is 23.0 Å². The summed E-state index contributed by atoms with van der Waals surface area (Å²) in [4.78, 5) is 41.3. The van der Waals surface area contributed by atoms with E-state index in [0.717, 1.165) is 18.4 Å². The van der Waals surface area contributed by atoms with Gasteiger partial charge in [-0.05, 0) is 57.8 Å². The van der Waals surface area contributed by atoms with Gasteiger partial charge in [0, 0.05) is 16.9 Å². The Bertz CT molecular complexity index is 1030. The van der Waals surface area contributed by atoms with Gasteiger partial charge in [-0.25, -0.2) is 0 Å². The number of rotatable bonds is 1. The van der Waals surface area contributed by atoms with E-state index in [9.17, 15) is 19.5 Å². The lowest BCUT2D eigenvalue weighted by Gasteiger charge is -2.70. The molecule has 2 aliphatic heterocycles. The third kappa shape index (κ3) is 1.80. The molecule has 6 aliphatic rings. The molecule has 7 atom stereocenters. The first kappa shape index (κ1) is 21.7. The van der Waals surface area contributed by atoms with Crippen molar-refractivity contribution in [1.82, 2.24) is 0 Å². The number of methoxy groups -OCH3 is 1. The number of ether oxygens (including phenoxy) is 2. The summed E-state index contributed by atoms with van der Waals surface area (Å²) in [7, 11) is 1.30. The molecule has 0 radical (unpaired) electrons. The minimum atomic E-state index is -1.62. The summed E-state index contributed by atoms with van der Waals surface area (Å²) in [5, 5.41) is 11.2. The van der Waals surface area contributed by atoms with E-state index < -0.39 is 27.6 Å². The van der Waals surface area contributed by atoms with Crippen molar-refractivity contribution in [2.24, 2.45) is 38.9 Å². The van der Waals surface area contributed by atoms with Crippen LogP contribution in [0.4, 0.5) is 0 Å². The van der Waals surface area contributed by atoms with Crippen LogP contribution >= 0.6 is 0 Å². The molecule has 0 unspecified atom stereocenters. The van der Waals surface area contributed by atoms with Crippen LogP contribution in [0, 0.1) is 38.9 Å². The van der Waals surface area contributed by atoms with Crippen molar-refractivity contribution in [3.05, 3.63) is 23.0 Å². The summed E-state index contributed by atoms with van der Waals surface area (Å²) >= 11 is 0. The number of allylic oxidation sites excluding steroid dienone is 3. The summed E-state index contributed by atoms with van der Waals surface area (Å²) in [6, 6.07) is 0. The van der Waals surface area contributed by atoms with Crippen LogP contribution in [0.2, 0.25) is 0 Å². The zero-order valence-electron chi connectivity index (χ0n) is 20.1. The molecular weight excluding hydrogens is 408 g/mol. The lowest BCUT2D eigenvalue weighted by atomic mass is 9.32. The van der Waals surface area contributed by atoms with E-state index in [1.165, 1.54) is 7.11 Å². The van der Waals surface area contributed by atoms with Crippen LogP contribution in [0.1, 0.15) is 67.2 Å². The van der Waals surface area contributed by atoms with E-state index in [0.29, 0.717) is 12.8 Å². The maximum atomic E-state index is 14.0. The van der Waals surface area contributed by atoms with Crippen molar-refractivity contribution in [2.75, 3.05) is 7.11 Å². The number of Topliss-reactive ketones (excluding diaryl/α,β-unsaturated/α-hetero) is 1. The lowest BCUT2D eigenvalue weighted by Crippen LogP contribution is -2.74. The minimum absolute atomic E-state index is 0.0591. The van der Waals surface area contributed by atoms with Gasteiger partial charge in [-0.1, -0.05) is 32.4 Å². The SMILES string of the molecule is COC(=O)[C@@]12C(=O)C(C)=C(O)[C@@]1(C)C(C)=C[C@@H]1[C@]34CC[C@@H](OC3=O)C(C)(C)[C@@H]4CC[C@]12C. The Morgan fingerprint density at radius 1 is 1.12 bits per heavy atom. The average Bonchev–Trinajstić information content (AvgIpc) is 2.90. The van der Waals surface area contributed by atoms with E-state index in [2.05, 4.69) is 19.9 Å². The van der Waals surface area contributed by atoms with Crippen LogP contribution < -0.4 is 0 Å². The first-order chi connectivity index (χ1) is 14.8. The van der Waals surface area contributed by atoms with E-state index in [4.69, 9.17) is 9.47 Å². The van der Waals surface area contributed by atoms with Gasteiger partial charge in [-0.15, -0.1) is 0 Å². The molecule has 2 saturated heterocycles. The number of aliphatic hydroxyl groups is 1. The molecule has 4 fully saturated rings. The highest BCUT2D eigenvalue weighted by atomic mass is 16.6. The Kier molecular flexibility index (Phi) is 3.98. The number of esters is 2. The number of aliphatic hydroxyl groups excluding tert-OH is 1. The molecule has 0 aromatic rings. The van der Waals surface area contributed by atoms with E-state index in [1.807, 2.05) is 13.8 Å². The summed E-state index contributed by atoms with van der Waals surface area (Å²) in [6.07, 6.45) is 4.77. The van der Waals surface area contributed by atoms with Gasteiger partial charge in [0.1, 0.15) is 11.9 Å². The molecule has 2 saturated carbocycles. The van der Waals surface area contributed by atoms with Gasteiger partial charge in [-0.3, -0.25) is 14.4 Å². The van der Waals surface area contributed by atoms with Crippen LogP contribution in [-0.4, -0.2) is 36.0 Å². The number of hydrogen-bond acceptors (Lipinski definition) is 6. The number of carbonyl (C=O) groups excluding carboxylic acids is 3. The van der Waals surface area contributed by atoms with Crippen molar-refractivity contribution >= 4 is 17.7 Å². The summed E-state index contributed by atoms with van der Waals surface area (Å²) in [5.74, 6) is -1.51. The van der Waals surface area contributed by atoms with Crippen molar-refractivity contribution in [3.8, 4) is 0 Å². The largest absolute Gasteiger partial charge is 0.511 e. The van der Waals surface area contributed by atoms with Crippen molar-refractivity contribution in [1.29, 1.82) is 0 Å². The van der Waals surface area contributed by atoms with E-state index in [-0.39, 0.29) is 46.4 Å². The maximum absolute atomic E-state index is 14.0. The molecule has 2 heterocycles. The van der Waals surface area contributed by atoms with Crippen molar-refractivity contribution in [3.63, 3.8) is 0 Å². The van der Waals surface area contributed by atoms with Crippen LogP contribution in [-0.2, 0) is 23.9 Å². The Morgan fingerprint density at radius 2 is 1.78 bits per heavy atom. The highest BCUT2D eigenvalue weighted by Crippen LogP contribution is 2.78. The van der Waals surface area contributed by atoms with Gasteiger partial charge in [-0.2, -0.15) is 0 Å². The van der Waals surface area contributed by atoms with E-state index >= 15 is 0 Å². The normalized spacial score (nSPS) is 48.5. The van der Waals surface area contributed by atoms with Crippen LogP contribution in [0.3, 0.4) is 0 Å². The molecule has 174 valence electrons. The second-order valence-electron chi connectivity index (χ2n) is 11.8. The number of fused-ring (bicyclic) bond motifs is 5. The second-order valence-corrected chi connectivity index (χ2v) is 11.8. The molecule has 0 amide bonds. The lowest BCUT2D eigenvalue weighted by molar-refractivity contribution is -0.262. The zero-order valence-corrected chi connectivity index (χ0v) is 20.1. The van der Waals surface area contributed by atoms with Gasteiger partial charge in [0.15, 0.2) is 11.2 Å². The molecular formula is C26H34O6. The quantitative estimate of drug-likeness (QED) is 0.370. The Balaban J connectivity index is 1.85. The molecule has 2 bridgehead atoms. The molecule has 1 N–H and O–H groups in total. The molecule has 6 rings (SSSR count). The topological polar surface area (TPSA) is 89.9 Å². The molecule has 0 aromatic carbocycles. The van der Waals surface area contributed by atoms with Crippen LogP contribution in [0.25, 0.3) is 0 Å². The zero-order chi connectivity index (χ0) is 23.6. The number of hydrogen-bond donors (Lipinski definition) is 1. The van der Waals surface area contributed by atoms with Gasteiger partial charge >= 0.3 is 11.9 Å². The first-order valence-electron chi connectivity index (χ1n) is 11.7. The van der Waals surface area contributed by atoms with Gasteiger partial charge < -0.3 is 14.6 Å². The fourth-order valence-corrected chi connectivity index (χ4v) is 9.13. The standard InChI is InChI=1S/C26H34O6/c1-13-12-16-23(5,26(21(30)31-7)19(28)14(2)18(27)24(13,26)6)10-8-15-22(3,4)17-9-11-25(15,16)20(29)32-17/h12,15-17,27H,8-11H2,1-7H3/t15-,16-,17+,23+,24+,25+,26+/m0/s1. The monoisotopic (exact) mass is 442 g/mol. The summed E-state index contributed by atoms with van der Waals surface area (Å²) < 4.78 is 11.3. The third-order valence-electron chi connectivity index (χ3n) is 10.8. The first-order valence-corrected chi connectivity index (χ1v) is 11.7. The van der Waals surface area contributed by atoms with Gasteiger partial charge in [0.25, 0.3) is 0 Å². The van der Waals surface area contributed by atoms with Crippen LogP contribution in [0.5, 0.6) is 0 Å². The predicted octanol–water partition coefficient (Wildman–Crippen LogP) is 4.29. The molecule has 6 heteroatoms. The highest BCUT2D eigenvalue weighted by Gasteiger charge is 2.82. The predicted molar refractivity (Wildman–Crippen MR) is 116 cm³/mol. The number of carbonyl (C=O) groups is 3. The van der Waals surface area contributed by atoms with Gasteiger partial charge in [0.05, 0.1) is 17.9 Å². The average molecular weight is 443 g/mol. The molecule has 6 nitrogen and oxygen atoms in total. The summed E-state index contributed by atoms with van der Waals surface area (Å²) in [5.41, 5.74) is -3.76. The van der Waals surface area contributed by atoms with Gasteiger partial charge in [0.2, 0.25) is 0 Å². The minimum Gasteiger partial charge on any atom is -0.511 e. The fraction of sp³-hybridized carbons (Fsp3) is 0.731.